The fourth-order valence-corrected chi connectivity index (χ4v) is 4.85. The summed E-state index contributed by atoms with van der Waals surface area (Å²) in [6, 6.07) is 6.18. The van der Waals surface area contributed by atoms with E-state index in [2.05, 4.69) is 25.7 Å². The molecule has 0 aromatic heterocycles. The van der Waals surface area contributed by atoms with Crippen LogP contribution < -0.4 is 5.32 Å². The van der Waals surface area contributed by atoms with Crippen LogP contribution in [0.15, 0.2) is 74.2 Å². The van der Waals surface area contributed by atoms with Crippen LogP contribution in [0.1, 0.15) is 51.1 Å². The molecule has 0 fully saturated rings. The molecule has 2 unspecified atom stereocenters. The van der Waals surface area contributed by atoms with Gasteiger partial charge in [-0.15, -0.1) is 0 Å². The van der Waals surface area contributed by atoms with E-state index in [0.29, 0.717) is 32.5 Å². The van der Waals surface area contributed by atoms with E-state index in [1.165, 1.54) is 26.9 Å². The molecule has 0 radical (unpaired) electrons. The molecular formula is C23H27F2HgN2. The number of allylic oxidation sites excluding steroid dienone is 6. The van der Waals surface area contributed by atoms with Gasteiger partial charge in [-0.05, 0) is 0 Å². The van der Waals surface area contributed by atoms with Gasteiger partial charge in [0.05, 0.1) is 0 Å². The molecule has 0 amide bonds. The number of benzene rings is 1. The van der Waals surface area contributed by atoms with Crippen molar-refractivity contribution in [3.05, 3.63) is 80.6 Å². The fraction of sp³-hybridized carbons (Fsp3) is 0.348. The SMILES string of the molecule is C=[C]([Hg])/C(CCC)=C(/CC)NC=NC(c1ccc(F)cc1)C1C=CC(F)=CC1. The number of hydrogen-bond donors (Lipinski definition) is 1. The zero-order valence-corrected chi connectivity index (χ0v) is 22.2. The average Bonchev–Trinajstić information content (AvgIpc) is 2.68. The molecule has 0 bridgehead atoms. The molecular weight excluding hydrogens is 543 g/mol. The van der Waals surface area contributed by atoms with Crippen LogP contribution >= 0.6 is 0 Å². The van der Waals surface area contributed by atoms with Crippen molar-refractivity contribution in [1.29, 1.82) is 0 Å². The van der Waals surface area contributed by atoms with Crippen molar-refractivity contribution in [2.45, 2.75) is 45.6 Å². The third-order valence-electron chi connectivity index (χ3n) is 4.82. The average molecular weight is 570 g/mol. The van der Waals surface area contributed by atoms with Crippen molar-refractivity contribution in [2.75, 3.05) is 0 Å². The van der Waals surface area contributed by atoms with Crippen molar-refractivity contribution in [3.8, 4) is 0 Å². The maximum atomic E-state index is 13.4. The second-order valence-corrected chi connectivity index (χ2v) is 10.2. The molecule has 0 heterocycles. The molecule has 28 heavy (non-hydrogen) atoms. The summed E-state index contributed by atoms with van der Waals surface area (Å²) in [5.41, 5.74) is 3.39. The predicted octanol–water partition coefficient (Wildman–Crippen LogP) is 6.44. The summed E-state index contributed by atoms with van der Waals surface area (Å²) in [5.74, 6) is -0.463. The molecule has 5 heteroatoms. The number of nitrogens with one attached hydrogen (secondary N) is 1. The molecule has 145 valence electrons. The van der Waals surface area contributed by atoms with E-state index in [9.17, 15) is 8.78 Å². The van der Waals surface area contributed by atoms with Gasteiger partial charge in [-0.25, -0.2) is 0 Å². The fourth-order valence-electron chi connectivity index (χ4n) is 3.34. The normalized spacial score (nSPS) is 18.6. The summed E-state index contributed by atoms with van der Waals surface area (Å²) >= 11 is 0.498. The van der Waals surface area contributed by atoms with E-state index in [4.69, 9.17) is 4.99 Å². The molecule has 0 saturated carbocycles. The van der Waals surface area contributed by atoms with Crippen LogP contribution in [0, 0.1) is 11.7 Å². The number of aliphatic imine (C=N–C) groups is 1. The Morgan fingerprint density at radius 1 is 1.32 bits per heavy atom. The Bertz CT molecular complexity index is 791. The van der Waals surface area contributed by atoms with Gasteiger partial charge in [0.15, 0.2) is 0 Å². The van der Waals surface area contributed by atoms with E-state index < -0.39 is 0 Å². The Balaban J connectivity index is 2.26. The summed E-state index contributed by atoms with van der Waals surface area (Å²) in [4.78, 5) is 4.75. The second-order valence-electron chi connectivity index (χ2n) is 6.93. The standard InChI is InChI=1S/C23H27F2N2.Hg/c1-4-7-17(5-2)22(6-3)26-16-27-23(18-8-12-20(24)13-9-18)19-10-14-21(25)15-11-19;/h8-10,12-16,19,23H,2,4,6-7,11H2,1,3H3,(H,26,27);/b22-17+;. The Morgan fingerprint density at radius 2 is 2.04 bits per heavy atom. The van der Waals surface area contributed by atoms with E-state index >= 15 is 0 Å². The van der Waals surface area contributed by atoms with Crippen molar-refractivity contribution in [3.63, 3.8) is 0 Å². The van der Waals surface area contributed by atoms with Gasteiger partial charge in [0.25, 0.3) is 0 Å². The quantitative estimate of drug-likeness (QED) is 0.157. The molecule has 1 aromatic rings. The Hall–Kier alpha value is -1.55. The number of rotatable bonds is 9. The first-order valence-electron chi connectivity index (χ1n) is 9.77. The number of halogens is 2. The molecule has 1 N–H and O–H groups in total. The topological polar surface area (TPSA) is 24.4 Å². The molecule has 2 atom stereocenters. The zero-order chi connectivity index (χ0) is 20.5. The third-order valence-corrected chi connectivity index (χ3v) is 6.48. The number of hydrogen-bond acceptors (Lipinski definition) is 1. The van der Waals surface area contributed by atoms with Crippen molar-refractivity contribution in [1.82, 2.24) is 5.32 Å². The van der Waals surface area contributed by atoms with E-state index in [1.807, 2.05) is 6.08 Å². The first-order chi connectivity index (χ1) is 13.5. The summed E-state index contributed by atoms with van der Waals surface area (Å²) < 4.78 is 28.0. The van der Waals surface area contributed by atoms with E-state index in [1.54, 1.807) is 24.5 Å². The predicted molar refractivity (Wildman–Crippen MR) is 109 cm³/mol. The van der Waals surface area contributed by atoms with Gasteiger partial charge in [0.1, 0.15) is 0 Å². The first kappa shape index (κ1) is 22.7. The van der Waals surface area contributed by atoms with Crippen LogP contribution in [0.4, 0.5) is 8.78 Å². The first-order valence-corrected chi connectivity index (χ1v) is 12.5. The molecule has 2 rings (SSSR count). The molecule has 1 aliphatic rings. The Kier molecular flexibility index (Phi) is 9.29. The van der Waals surface area contributed by atoms with Crippen molar-refractivity contribution >= 4 is 6.34 Å². The summed E-state index contributed by atoms with van der Waals surface area (Å²) in [6.45, 7) is 8.47. The second kappa shape index (κ2) is 11.4. The summed E-state index contributed by atoms with van der Waals surface area (Å²) in [5, 5.41) is 3.37. The Labute approximate surface area is 183 Å². The monoisotopic (exact) mass is 571 g/mol. The molecule has 1 aromatic carbocycles. The van der Waals surface area contributed by atoms with Crippen LogP contribution in [0.2, 0.25) is 0 Å². The van der Waals surface area contributed by atoms with Gasteiger partial charge in [-0.2, -0.15) is 0 Å². The van der Waals surface area contributed by atoms with Gasteiger partial charge in [-0.1, -0.05) is 0 Å². The summed E-state index contributed by atoms with van der Waals surface area (Å²) in [7, 11) is 0. The minimum atomic E-state index is -0.276. The number of nitrogens with zero attached hydrogens (tertiary/aromatic N) is 1. The molecule has 1 aliphatic carbocycles. The third kappa shape index (κ3) is 6.51. The van der Waals surface area contributed by atoms with E-state index in [-0.39, 0.29) is 23.6 Å². The van der Waals surface area contributed by atoms with Crippen molar-refractivity contribution < 1.29 is 34.9 Å². The van der Waals surface area contributed by atoms with Gasteiger partial charge in [0, 0.05) is 0 Å². The van der Waals surface area contributed by atoms with Gasteiger partial charge in [0.2, 0.25) is 0 Å². The zero-order valence-electron chi connectivity index (χ0n) is 16.7. The summed E-state index contributed by atoms with van der Waals surface area (Å²) in [6.07, 6.45) is 10.2. The van der Waals surface area contributed by atoms with Gasteiger partial charge in [-0.3, -0.25) is 0 Å². The Morgan fingerprint density at radius 3 is 2.57 bits per heavy atom. The van der Waals surface area contributed by atoms with Crippen LogP contribution in [0.3, 0.4) is 0 Å². The van der Waals surface area contributed by atoms with Crippen LogP contribution in [0.5, 0.6) is 0 Å². The minimum absolute atomic E-state index is 0.0312. The van der Waals surface area contributed by atoms with E-state index in [0.717, 1.165) is 30.5 Å². The molecule has 0 spiro atoms. The molecule has 0 saturated heterocycles. The molecule has 2 nitrogen and oxygen atoms in total. The van der Waals surface area contributed by atoms with Crippen LogP contribution in [-0.4, -0.2) is 6.34 Å². The molecule has 0 aliphatic heterocycles. The van der Waals surface area contributed by atoms with Crippen LogP contribution in [0.25, 0.3) is 0 Å². The van der Waals surface area contributed by atoms with Gasteiger partial charge >= 0.3 is 184 Å². The van der Waals surface area contributed by atoms with Crippen LogP contribution in [-0.2, 0) is 26.1 Å². The van der Waals surface area contributed by atoms with Gasteiger partial charge < -0.3 is 0 Å². The van der Waals surface area contributed by atoms with Crippen molar-refractivity contribution in [2.24, 2.45) is 10.9 Å². The maximum absolute atomic E-state index is 13.4.